The smallest absolute Gasteiger partial charge is 0.312 e. The second-order valence-corrected chi connectivity index (χ2v) is 5.78. The average molecular weight is 381 g/mol. The normalized spacial score (nSPS) is 11.5. The Balaban J connectivity index is 1.81. The third-order valence-corrected chi connectivity index (χ3v) is 3.64. The van der Waals surface area contributed by atoms with E-state index in [0.29, 0.717) is 16.3 Å². The predicted octanol–water partition coefficient (Wildman–Crippen LogP) is 3.20. The van der Waals surface area contributed by atoms with E-state index in [1.54, 1.807) is 24.3 Å². The van der Waals surface area contributed by atoms with Crippen LogP contribution in [0.4, 0.5) is 9.18 Å². The molecule has 0 saturated heterocycles. The molecular weight excluding hydrogens is 363 g/mol. The summed E-state index contributed by atoms with van der Waals surface area (Å²) in [4.78, 5) is 23.1. The van der Waals surface area contributed by atoms with E-state index in [2.05, 4.69) is 5.32 Å². The molecule has 0 unspecified atom stereocenters. The number of urea groups is 1. The largest absolute Gasteiger partial charge is 0.490 e. The van der Waals surface area contributed by atoms with Crippen LogP contribution in [0.5, 0.6) is 5.75 Å². The van der Waals surface area contributed by atoms with Crippen LogP contribution in [0, 0.1) is 5.82 Å². The number of rotatable bonds is 8. The highest BCUT2D eigenvalue weighted by molar-refractivity contribution is 6.30. The van der Waals surface area contributed by atoms with Crippen LogP contribution in [0.15, 0.2) is 48.5 Å². The Morgan fingerprint density at radius 3 is 2.35 bits per heavy atom. The number of primary amides is 1. The molecule has 8 heteroatoms. The van der Waals surface area contributed by atoms with E-state index in [1.165, 1.54) is 24.3 Å². The molecule has 2 amide bonds. The average Bonchev–Trinajstić information content (AvgIpc) is 2.60. The van der Waals surface area contributed by atoms with Crippen molar-refractivity contribution in [2.24, 2.45) is 5.73 Å². The van der Waals surface area contributed by atoms with E-state index >= 15 is 0 Å². The zero-order chi connectivity index (χ0) is 18.9. The molecule has 0 heterocycles. The fourth-order valence-corrected chi connectivity index (χ4v) is 2.32. The number of ether oxygens (including phenoxy) is 2. The Kier molecular flexibility index (Phi) is 7.23. The zero-order valence-electron chi connectivity index (χ0n) is 13.8. The lowest BCUT2D eigenvalue weighted by Crippen LogP contribution is -2.34. The summed E-state index contributed by atoms with van der Waals surface area (Å²) in [5.41, 5.74) is 5.83. The van der Waals surface area contributed by atoms with Gasteiger partial charge in [-0.15, -0.1) is 0 Å². The van der Waals surface area contributed by atoms with Crippen LogP contribution in [-0.4, -0.2) is 25.2 Å². The summed E-state index contributed by atoms with van der Waals surface area (Å²) >= 11 is 5.83. The zero-order valence-corrected chi connectivity index (χ0v) is 14.5. The van der Waals surface area contributed by atoms with Crippen LogP contribution in [0.2, 0.25) is 5.02 Å². The van der Waals surface area contributed by atoms with Gasteiger partial charge in [0.25, 0.3) is 0 Å². The third-order valence-electron chi connectivity index (χ3n) is 3.39. The number of amides is 2. The highest BCUT2D eigenvalue weighted by Gasteiger charge is 2.18. The number of carbonyl (C=O) groups is 2. The van der Waals surface area contributed by atoms with Gasteiger partial charge in [-0.25, -0.2) is 9.18 Å². The van der Waals surface area contributed by atoms with Gasteiger partial charge in [-0.1, -0.05) is 23.7 Å². The van der Waals surface area contributed by atoms with E-state index in [-0.39, 0.29) is 25.5 Å². The first-order valence-electron chi connectivity index (χ1n) is 7.79. The Bertz CT molecular complexity index is 738. The van der Waals surface area contributed by atoms with E-state index in [1.807, 2.05) is 0 Å². The first-order chi connectivity index (χ1) is 12.4. The number of hydrogen-bond donors (Lipinski definition) is 2. The monoisotopic (exact) mass is 380 g/mol. The minimum atomic E-state index is -0.752. The highest BCUT2D eigenvalue weighted by atomic mass is 35.5. The van der Waals surface area contributed by atoms with Crippen molar-refractivity contribution < 1.29 is 23.5 Å². The predicted molar refractivity (Wildman–Crippen MR) is 94.4 cm³/mol. The Morgan fingerprint density at radius 1 is 1.08 bits per heavy atom. The standard InChI is InChI=1S/C18H18ClFN2O4/c19-13-3-1-12(2-4-13)16(22-18(21)24)11-17(23)26-10-9-25-15-7-5-14(20)6-8-15/h1-8,16H,9-11H2,(H3,21,22,24)/t16-/m1/s1. The fourth-order valence-electron chi connectivity index (χ4n) is 2.19. The maximum absolute atomic E-state index is 12.8. The summed E-state index contributed by atoms with van der Waals surface area (Å²) in [6, 6.07) is 10.8. The van der Waals surface area contributed by atoms with Crippen LogP contribution < -0.4 is 15.8 Å². The number of halogens is 2. The molecule has 2 aromatic carbocycles. The number of nitrogens with two attached hydrogens (primary N) is 1. The number of carbonyl (C=O) groups excluding carboxylic acids is 2. The van der Waals surface area contributed by atoms with Crippen molar-refractivity contribution in [1.82, 2.24) is 5.32 Å². The molecule has 3 N–H and O–H groups in total. The molecule has 26 heavy (non-hydrogen) atoms. The van der Waals surface area contributed by atoms with Gasteiger partial charge in [0.05, 0.1) is 12.5 Å². The van der Waals surface area contributed by atoms with Gasteiger partial charge >= 0.3 is 12.0 Å². The molecule has 0 fully saturated rings. The summed E-state index contributed by atoms with van der Waals surface area (Å²) in [6.45, 7) is 0.131. The lowest BCUT2D eigenvalue weighted by Gasteiger charge is -2.17. The van der Waals surface area contributed by atoms with Gasteiger partial charge in [0.15, 0.2) is 0 Å². The second kappa shape index (κ2) is 9.62. The van der Waals surface area contributed by atoms with Crippen molar-refractivity contribution in [1.29, 1.82) is 0 Å². The van der Waals surface area contributed by atoms with Crippen molar-refractivity contribution in [2.75, 3.05) is 13.2 Å². The highest BCUT2D eigenvalue weighted by Crippen LogP contribution is 2.20. The molecule has 0 radical (unpaired) electrons. The van der Waals surface area contributed by atoms with Gasteiger partial charge in [0.2, 0.25) is 0 Å². The molecule has 1 atom stereocenters. The van der Waals surface area contributed by atoms with E-state index < -0.39 is 18.0 Å². The van der Waals surface area contributed by atoms with Gasteiger partial charge in [0, 0.05) is 5.02 Å². The number of benzene rings is 2. The van der Waals surface area contributed by atoms with E-state index in [9.17, 15) is 14.0 Å². The Labute approximate surface area is 155 Å². The maximum Gasteiger partial charge on any atom is 0.312 e. The Hall–Kier alpha value is -2.80. The summed E-state index contributed by atoms with van der Waals surface area (Å²) in [5, 5.41) is 3.03. The van der Waals surface area contributed by atoms with Crippen LogP contribution in [-0.2, 0) is 9.53 Å². The maximum atomic E-state index is 12.8. The number of hydrogen-bond acceptors (Lipinski definition) is 4. The molecule has 0 saturated carbocycles. The molecule has 0 bridgehead atoms. The SMILES string of the molecule is NC(=O)N[C@H](CC(=O)OCCOc1ccc(F)cc1)c1ccc(Cl)cc1. The second-order valence-electron chi connectivity index (χ2n) is 5.34. The molecule has 0 aromatic heterocycles. The van der Waals surface area contributed by atoms with Gasteiger partial charge in [-0.3, -0.25) is 4.79 Å². The van der Waals surface area contributed by atoms with Crippen molar-refractivity contribution in [3.8, 4) is 5.75 Å². The van der Waals surface area contributed by atoms with E-state index in [4.69, 9.17) is 26.8 Å². The molecular formula is C18H18ClFN2O4. The molecule has 0 aliphatic carbocycles. The van der Waals surface area contributed by atoms with E-state index in [0.717, 1.165) is 0 Å². The number of esters is 1. The summed E-state index contributed by atoms with van der Waals surface area (Å²) in [5.74, 6) is -0.419. The minimum Gasteiger partial charge on any atom is -0.490 e. The van der Waals surface area contributed by atoms with Crippen molar-refractivity contribution in [3.05, 3.63) is 64.9 Å². The van der Waals surface area contributed by atoms with Crippen LogP contribution >= 0.6 is 11.6 Å². The third kappa shape index (κ3) is 6.60. The topological polar surface area (TPSA) is 90.7 Å². The molecule has 138 valence electrons. The van der Waals surface area contributed by atoms with Crippen LogP contribution in [0.3, 0.4) is 0 Å². The lowest BCUT2D eigenvalue weighted by atomic mass is 10.0. The fraction of sp³-hybridized carbons (Fsp3) is 0.222. The molecule has 6 nitrogen and oxygen atoms in total. The quantitative estimate of drug-likeness (QED) is 0.543. The van der Waals surface area contributed by atoms with Crippen molar-refractivity contribution >= 4 is 23.6 Å². The first-order valence-corrected chi connectivity index (χ1v) is 8.17. The van der Waals surface area contributed by atoms with Gasteiger partial charge in [0.1, 0.15) is 24.8 Å². The molecule has 2 aromatic rings. The summed E-state index contributed by atoms with van der Waals surface area (Å²) in [6.07, 6.45) is -0.0961. The minimum absolute atomic E-state index is 0.0140. The van der Waals surface area contributed by atoms with Gasteiger partial charge in [-0.05, 0) is 42.0 Å². The van der Waals surface area contributed by atoms with Crippen molar-refractivity contribution in [3.63, 3.8) is 0 Å². The summed E-state index contributed by atoms with van der Waals surface area (Å²) in [7, 11) is 0. The summed E-state index contributed by atoms with van der Waals surface area (Å²) < 4.78 is 23.2. The van der Waals surface area contributed by atoms with Gasteiger partial charge in [-0.2, -0.15) is 0 Å². The van der Waals surface area contributed by atoms with Crippen LogP contribution in [0.1, 0.15) is 18.0 Å². The molecule has 0 spiro atoms. The van der Waals surface area contributed by atoms with Crippen LogP contribution in [0.25, 0.3) is 0 Å². The molecule has 2 rings (SSSR count). The first kappa shape index (κ1) is 19.5. The molecule has 0 aliphatic heterocycles. The van der Waals surface area contributed by atoms with Gasteiger partial charge < -0.3 is 20.5 Å². The molecule has 0 aliphatic rings. The van der Waals surface area contributed by atoms with Crippen molar-refractivity contribution in [2.45, 2.75) is 12.5 Å². The Morgan fingerprint density at radius 2 is 1.73 bits per heavy atom. The lowest BCUT2D eigenvalue weighted by molar-refractivity contribution is -0.144. The number of nitrogens with one attached hydrogen (secondary N) is 1.